The van der Waals surface area contributed by atoms with Gasteiger partial charge in [0.2, 0.25) is 5.60 Å². The first-order valence-corrected chi connectivity index (χ1v) is 7.19. The summed E-state index contributed by atoms with van der Waals surface area (Å²) in [5.74, 6) is -3.65. The van der Waals surface area contributed by atoms with Gasteiger partial charge in [-0.05, 0) is 20.8 Å². The van der Waals surface area contributed by atoms with E-state index in [2.05, 4.69) is 6.58 Å². The zero-order valence-corrected chi connectivity index (χ0v) is 13.6. The van der Waals surface area contributed by atoms with Crippen LogP contribution in [-0.2, 0) is 38.1 Å². The molecular weight excluding hydrogens is 308 g/mol. The molecule has 0 bridgehead atoms. The predicted molar refractivity (Wildman–Crippen MR) is 78.2 cm³/mol. The van der Waals surface area contributed by atoms with Crippen molar-refractivity contribution in [3.8, 4) is 0 Å². The lowest BCUT2D eigenvalue weighted by Gasteiger charge is -2.29. The summed E-state index contributed by atoms with van der Waals surface area (Å²) in [7, 11) is 0. The summed E-state index contributed by atoms with van der Waals surface area (Å²) in [6.45, 7) is 8.00. The van der Waals surface area contributed by atoms with Crippen molar-refractivity contribution in [2.45, 2.75) is 39.2 Å². The Kier molecular flexibility index (Phi) is 9.29. The molecule has 0 rings (SSSR count). The van der Waals surface area contributed by atoms with E-state index < -0.39 is 42.3 Å². The fourth-order valence-electron chi connectivity index (χ4n) is 1.71. The normalized spacial score (nSPS) is 10.4. The van der Waals surface area contributed by atoms with E-state index in [9.17, 15) is 19.2 Å². The van der Waals surface area contributed by atoms with Gasteiger partial charge < -0.3 is 18.9 Å². The highest BCUT2D eigenvalue weighted by atomic mass is 16.6. The van der Waals surface area contributed by atoms with Crippen molar-refractivity contribution in [3.63, 3.8) is 0 Å². The van der Waals surface area contributed by atoms with Crippen LogP contribution in [0.1, 0.15) is 33.6 Å². The van der Waals surface area contributed by atoms with Crippen LogP contribution in [0.5, 0.6) is 0 Å². The maximum atomic E-state index is 12.2. The second kappa shape index (κ2) is 10.4. The molecule has 0 amide bonds. The van der Waals surface area contributed by atoms with Gasteiger partial charge >= 0.3 is 23.9 Å². The van der Waals surface area contributed by atoms with E-state index in [1.807, 2.05) is 0 Å². The fourth-order valence-corrected chi connectivity index (χ4v) is 1.71. The summed E-state index contributed by atoms with van der Waals surface area (Å²) in [5.41, 5.74) is -2.15. The van der Waals surface area contributed by atoms with Gasteiger partial charge in [-0.15, -0.1) is 0 Å². The molecule has 0 radical (unpaired) electrons. The monoisotopic (exact) mass is 330 g/mol. The lowest BCUT2D eigenvalue weighted by atomic mass is 9.95. The fraction of sp³-hybridized carbons (Fsp3) is 0.600. The molecule has 0 saturated carbocycles. The minimum atomic E-state index is -2.15. The molecule has 0 N–H and O–H groups in total. The molecule has 8 heteroatoms. The second-order valence-electron chi connectivity index (χ2n) is 4.30. The Morgan fingerprint density at radius 3 is 1.65 bits per heavy atom. The van der Waals surface area contributed by atoms with Crippen LogP contribution in [0.2, 0.25) is 0 Å². The lowest BCUT2D eigenvalue weighted by Crippen LogP contribution is -2.48. The average molecular weight is 330 g/mol. The number of carbonyl (C=O) groups excluding carboxylic acids is 4. The number of ether oxygens (including phenoxy) is 4. The molecular formula is C15H22O8. The quantitative estimate of drug-likeness (QED) is 0.331. The SMILES string of the molecule is C=CC(=O)OC(CC(=O)OCC)(CC(=O)OCC)C(=O)OCC. The van der Waals surface area contributed by atoms with E-state index in [4.69, 9.17) is 18.9 Å². The molecule has 0 saturated heterocycles. The number of carbonyl (C=O) groups is 4. The summed E-state index contributed by atoms with van der Waals surface area (Å²) in [5, 5.41) is 0. The van der Waals surface area contributed by atoms with Crippen LogP contribution < -0.4 is 0 Å². The zero-order chi connectivity index (χ0) is 17.9. The second-order valence-corrected chi connectivity index (χ2v) is 4.30. The molecule has 0 aromatic heterocycles. The summed E-state index contributed by atoms with van der Waals surface area (Å²) >= 11 is 0. The molecule has 130 valence electrons. The molecule has 0 aliphatic rings. The van der Waals surface area contributed by atoms with E-state index in [-0.39, 0.29) is 19.8 Å². The van der Waals surface area contributed by atoms with Gasteiger partial charge in [-0.2, -0.15) is 0 Å². The van der Waals surface area contributed by atoms with Crippen LogP contribution in [-0.4, -0.2) is 49.3 Å². The predicted octanol–water partition coefficient (Wildman–Crippen LogP) is 0.924. The topological polar surface area (TPSA) is 105 Å². The van der Waals surface area contributed by atoms with Gasteiger partial charge in [0.15, 0.2) is 0 Å². The minimum Gasteiger partial charge on any atom is -0.466 e. The van der Waals surface area contributed by atoms with Crippen molar-refractivity contribution in [3.05, 3.63) is 12.7 Å². The minimum absolute atomic E-state index is 0.0299. The maximum absolute atomic E-state index is 12.2. The first-order valence-electron chi connectivity index (χ1n) is 7.19. The molecule has 0 spiro atoms. The van der Waals surface area contributed by atoms with Gasteiger partial charge in [0.05, 0.1) is 32.7 Å². The van der Waals surface area contributed by atoms with Gasteiger partial charge in [-0.1, -0.05) is 6.58 Å². The van der Waals surface area contributed by atoms with Crippen molar-refractivity contribution < 1.29 is 38.1 Å². The molecule has 0 aliphatic heterocycles. The first kappa shape index (κ1) is 20.6. The van der Waals surface area contributed by atoms with Crippen LogP contribution in [0.25, 0.3) is 0 Å². The summed E-state index contributed by atoms with van der Waals surface area (Å²) < 4.78 is 19.4. The third-order valence-electron chi connectivity index (χ3n) is 2.58. The molecule has 0 aliphatic carbocycles. The third kappa shape index (κ3) is 6.94. The number of hydrogen-bond donors (Lipinski definition) is 0. The maximum Gasteiger partial charge on any atom is 0.351 e. The molecule has 0 unspecified atom stereocenters. The Morgan fingerprint density at radius 2 is 1.30 bits per heavy atom. The van der Waals surface area contributed by atoms with Crippen LogP contribution in [0.4, 0.5) is 0 Å². The van der Waals surface area contributed by atoms with Crippen molar-refractivity contribution in [1.82, 2.24) is 0 Å². The Balaban J connectivity index is 5.61. The van der Waals surface area contributed by atoms with Gasteiger partial charge in [-0.25, -0.2) is 9.59 Å². The van der Waals surface area contributed by atoms with Crippen molar-refractivity contribution in [2.75, 3.05) is 19.8 Å². The molecule has 0 heterocycles. The van der Waals surface area contributed by atoms with E-state index >= 15 is 0 Å². The van der Waals surface area contributed by atoms with Crippen LogP contribution in [0.15, 0.2) is 12.7 Å². The van der Waals surface area contributed by atoms with Gasteiger partial charge in [0, 0.05) is 6.08 Å². The Morgan fingerprint density at radius 1 is 0.870 bits per heavy atom. The van der Waals surface area contributed by atoms with E-state index in [0.717, 1.165) is 6.08 Å². The summed E-state index contributed by atoms with van der Waals surface area (Å²) in [6, 6.07) is 0. The van der Waals surface area contributed by atoms with Gasteiger partial charge in [0.1, 0.15) is 0 Å². The molecule has 0 aromatic rings. The standard InChI is InChI=1S/C15H22O8/c1-5-11(16)23-15(14(19)22-8-4,9-12(17)20-6-2)10-13(18)21-7-3/h5H,1,6-10H2,2-4H3. The average Bonchev–Trinajstić information content (AvgIpc) is 2.47. The van der Waals surface area contributed by atoms with Crippen LogP contribution in [0, 0.1) is 0 Å². The Bertz CT molecular complexity index is 434. The number of rotatable bonds is 10. The molecule has 8 nitrogen and oxygen atoms in total. The van der Waals surface area contributed by atoms with Gasteiger partial charge in [-0.3, -0.25) is 9.59 Å². The van der Waals surface area contributed by atoms with Crippen molar-refractivity contribution in [1.29, 1.82) is 0 Å². The van der Waals surface area contributed by atoms with Gasteiger partial charge in [0.25, 0.3) is 0 Å². The van der Waals surface area contributed by atoms with E-state index in [1.54, 1.807) is 13.8 Å². The van der Waals surface area contributed by atoms with Crippen LogP contribution in [0.3, 0.4) is 0 Å². The van der Waals surface area contributed by atoms with E-state index in [1.165, 1.54) is 6.92 Å². The molecule has 23 heavy (non-hydrogen) atoms. The van der Waals surface area contributed by atoms with E-state index in [0.29, 0.717) is 0 Å². The number of esters is 4. The third-order valence-corrected chi connectivity index (χ3v) is 2.58. The molecule has 0 aromatic carbocycles. The molecule has 0 atom stereocenters. The zero-order valence-electron chi connectivity index (χ0n) is 13.6. The number of hydrogen-bond acceptors (Lipinski definition) is 8. The summed E-state index contributed by atoms with van der Waals surface area (Å²) in [6.07, 6.45) is -0.527. The largest absolute Gasteiger partial charge is 0.466 e. The lowest BCUT2D eigenvalue weighted by molar-refractivity contribution is -0.188. The highest BCUT2D eigenvalue weighted by molar-refractivity contribution is 5.94. The summed E-state index contributed by atoms with van der Waals surface area (Å²) in [4.78, 5) is 47.4. The highest BCUT2D eigenvalue weighted by Crippen LogP contribution is 2.25. The van der Waals surface area contributed by atoms with Crippen molar-refractivity contribution in [2.24, 2.45) is 0 Å². The Hall–Kier alpha value is -2.38. The smallest absolute Gasteiger partial charge is 0.351 e. The van der Waals surface area contributed by atoms with Crippen molar-refractivity contribution >= 4 is 23.9 Å². The van der Waals surface area contributed by atoms with Crippen LogP contribution >= 0.6 is 0 Å². The molecule has 0 fully saturated rings. The Labute approximate surface area is 134 Å². The first-order chi connectivity index (χ1) is 10.8. The highest BCUT2D eigenvalue weighted by Gasteiger charge is 2.48.